The number of nitriles is 1. The van der Waals surface area contributed by atoms with E-state index < -0.39 is 0 Å². The van der Waals surface area contributed by atoms with Gasteiger partial charge in [-0.25, -0.2) is 0 Å². The molecule has 0 aliphatic heterocycles. The van der Waals surface area contributed by atoms with Gasteiger partial charge in [0, 0.05) is 18.1 Å². The largest absolute Gasteiger partial charge is 0.380 e. The van der Waals surface area contributed by atoms with Gasteiger partial charge in [-0.05, 0) is 29.3 Å². The van der Waals surface area contributed by atoms with Crippen LogP contribution in [0.25, 0.3) is 0 Å². The molecule has 0 aromatic heterocycles. The number of benzene rings is 2. The van der Waals surface area contributed by atoms with Crippen molar-refractivity contribution in [1.29, 1.82) is 5.26 Å². The van der Waals surface area contributed by atoms with Gasteiger partial charge in [0.05, 0.1) is 11.3 Å². The number of nitrogens with zero attached hydrogens (tertiary/aromatic N) is 1. The fraction of sp³-hybridized carbons (Fsp3) is 0.133. The van der Waals surface area contributed by atoms with Gasteiger partial charge in [0.1, 0.15) is 6.07 Å². The zero-order valence-corrected chi connectivity index (χ0v) is 11.1. The van der Waals surface area contributed by atoms with Gasteiger partial charge in [0.25, 0.3) is 0 Å². The molecule has 96 valence electrons. The SMILES string of the molecule is N#Cc1cc(Cl)ccc1NCc1ccc(CN)cc1. The summed E-state index contributed by atoms with van der Waals surface area (Å²) in [4.78, 5) is 0. The number of hydrogen-bond acceptors (Lipinski definition) is 3. The van der Waals surface area contributed by atoms with Crippen LogP contribution >= 0.6 is 11.6 Å². The van der Waals surface area contributed by atoms with E-state index in [4.69, 9.17) is 22.6 Å². The van der Waals surface area contributed by atoms with Gasteiger partial charge in [-0.15, -0.1) is 0 Å². The Balaban J connectivity index is 2.08. The van der Waals surface area contributed by atoms with Crippen molar-refractivity contribution in [2.24, 2.45) is 5.73 Å². The number of nitrogens with one attached hydrogen (secondary N) is 1. The summed E-state index contributed by atoms with van der Waals surface area (Å²) in [6.07, 6.45) is 0. The Morgan fingerprint density at radius 3 is 2.42 bits per heavy atom. The minimum atomic E-state index is 0.545. The molecule has 0 spiro atoms. The maximum absolute atomic E-state index is 9.05. The van der Waals surface area contributed by atoms with Crippen molar-refractivity contribution in [2.45, 2.75) is 13.1 Å². The Hall–Kier alpha value is -2.02. The number of rotatable bonds is 4. The molecular formula is C15H14ClN3. The zero-order chi connectivity index (χ0) is 13.7. The first-order valence-corrected chi connectivity index (χ1v) is 6.32. The van der Waals surface area contributed by atoms with Gasteiger partial charge in [0.2, 0.25) is 0 Å². The Morgan fingerprint density at radius 2 is 1.79 bits per heavy atom. The van der Waals surface area contributed by atoms with E-state index in [-0.39, 0.29) is 0 Å². The summed E-state index contributed by atoms with van der Waals surface area (Å²) in [7, 11) is 0. The van der Waals surface area contributed by atoms with Crippen LogP contribution < -0.4 is 11.1 Å². The molecule has 0 aliphatic carbocycles. The van der Waals surface area contributed by atoms with Gasteiger partial charge < -0.3 is 11.1 Å². The molecule has 4 heteroatoms. The Labute approximate surface area is 117 Å². The lowest BCUT2D eigenvalue weighted by atomic mass is 10.1. The molecule has 3 N–H and O–H groups in total. The molecule has 3 nitrogen and oxygen atoms in total. The highest BCUT2D eigenvalue weighted by Crippen LogP contribution is 2.20. The van der Waals surface area contributed by atoms with Crippen LogP contribution in [-0.4, -0.2) is 0 Å². The lowest BCUT2D eigenvalue weighted by Crippen LogP contribution is -2.02. The third kappa shape index (κ3) is 3.47. The standard InChI is InChI=1S/C15H14ClN3/c16-14-5-6-15(13(7-14)9-18)19-10-12-3-1-11(8-17)2-4-12/h1-7,19H,8,10,17H2. The van der Waals surface area contributed by atoms with Crippen molar-refractivity contribution in [3.05, 3.63) is 64.2 Å². The minimum Gasteiger partial charge on any atom is -0.380 e. The zero-order valence-electron chi connectivity index (χ0n) is 10.4. The smallest absolute Gasteiger partial charge is 0.101 e. The highest BCUT2D eigenvalue weighted by molar-refractivity contribution is 6.30. The van der Waals surface area contributed by atoms with Gasteiger partial charge in [-0.2, -0.15) is 5.26 Å². The number of hydrogen-bond donors (Lipinski definition) is 2. The number of halogens is 1. The molecule has 0 heterocycles. The number of nitrogens with two attached hydrogens (primary N) is 1. The third-order valence-electron chi connectivity index (χ3n) is 2.84. The van der Waals surface area contributed by atoms with E-state index >= 15 is 0 Å². The fourth-order valence-electron chi connectivity index (χ4n) is 1.75. The maximum Gasteiger partial charge on any atom is 0.101 e. The second-order valence-corrected chi connectivity index (χ2v) is 4.61. The molecule has 0 aliphatic rings. The van der Waals surface area contributed by atoms with E-state index in [1.165, 1.54) is 0 Å². The second kappa shape index (κ2) is 6.24. The second-order valence-electron chi connectivity index (χ2n) is 4.18. The molecule has 0 saturated heterocycles. The molecule has 2 aromatic rings. The lowest BCUT2D eigenvalue weighted by Gasteiger charge is -2.09. The van der Waals surface area contributed by atoms with Crippen molar-refractivity contribution >= 4 is 17.3 Å². The molecule has 0 saturated carbocycles. The predicted octanol–water partition coefficient (Wildman–Crippen LogP) is 3.28. The average Bonchev–Trinajstić information content (AvgIpc) is 2.46. The molecule has 0 atom stereocenters. The normalized spacial score (nSPS) is 9.95. The van der Waals surface area contributed by atoms with Crippen LogP contribution in [0.4, 0.5) is 5.69 Å². The summed E-state index contributed by atoms with van der Waals surface area (Å²) in [6.45, 7) is 1.20. The van der Waals surface area contributed by atoms with Crippen LogP contribution in [0.3, 0.4) is 0 Å². The van der Waals surface area contributed by atoms with E-state index in [1.54, 1.807) is 12.1 Å². The maximum atomic E-state index is 9.05. The van der Waals surface area contributed by atoms with Crippen molar-refractivity contribution < 1.29 is 0 Å². The first-order valence-electron chi connectivity index (χ1n) is 5.94. The van der Waals surface area contributed by atoms with Crippen LogP contribution in [0, 0.1) is 11.3 Å². The quantitative estimate of drug-likeness (QED) is 0.897. The summed E-state index contributed by atoms with van der Waals surface area (Å²) in [5.41, 5.74) is 9.13. The van der Waals surface area contributed by atoms with Crippen LogP contribution in [0.15, 0.2) is 42.5 Å². The molecule has 0 radical (unpaired) electrons. The number of anilines is 1. The summed E-state index contributed by atoms with van der Waals surface area (Å²) >= 11 is 5.86. The van der Waals surface area contributed by atoms with Crippen molar-refractivity contribution in [3.8, 4) is 6.07 Å². The van der Waals surface area contributed by atoms with E-state index in [1.807, 2.05) is 30.3 Å². The summed E-state index contributed by atoms with van der Waals surface area (Å²) in [6, 6.07) is 15.4. The summed E-state index contributed by atoms with van der Waals surface area (Å²) in [5, 5.41) is 12.8. The monoisotopic (exact) mass is 271 g/mol. The van der Waals surface area contributed by atoms with E-state index in [0.717, 1.165) is 16.8 Å². The van der Waals surface area contributed by atoms with Gasteiger partial charge in [0.15, 0.2) is 0 Å². The van der Waals surface area contributed by atoms with E-state index in [2.05, 4.69) is 11.4 Å². The van der Waals surface area contributed by atoms with Gasteiger partial charge >= 0.3 is 0 Å². The molecule has 19 heavy (non-hydrogen) atoms. The summed E-state index contributed by atoms with van der Waals surface area (Å²) < 4.78 is 0. The van der Waals surface area contributed by atoms with Crippen molar-refractivity contribution in [1.82, 2.24) is 0 Å². The average molecular weight is 272 g/mol. The van der Waals surface area contributed by atoms with E-state index in [9.17, 15) is 0 Å². The Kier molecular flexibility index (Phi) is 4.40. The Morgan fingerprint density at radius 1 is 1.11 bits per heavy atom. The molecule has 0 amide bonds. The van der Waals surface area contributed by atoms with Crippen LogP contribution in [-0.2, 0) is 13.1 Å². The van der Waals surface area contributed by atoms with Crippen LogP contribution in [0.5, 0.6) is 0 Å². The molecule has 2 rings (SSSR count). The molecule has 0 unspecified atom stereocenters. The van der Waals surface area contributed by atoms with Gasteiger partial charge in [-0.1, -0.05) is 35.9 Å². The third-order valence-corrected chi connectivity index (χ3v) is 3.08. The van der Waals surface area contributed by atoms with Gasteiger partial charge in [-0.3, -0.25) is 0 Å². The highest BCUT2D eigenvalue weighted by atomic mass is 35.5. The Bertz CT molecular complexity index is 600. The first kappa shape index (κ1) is 13.4. The highest BCUT2D eigenvalue weighted by Gasteiger charge is 2.02. The topological polar surface area (TPSA) is 61.8 Å². The van der Waals surface area contributed by atoms with Crippen LogP contribution in [0.2, 0.25) is 5.02 Å². The molecule has 2 aromatic carbocycles. The first-order chi connectivity index (χ1) is 9.22. The molecular weight excluding hydrogens is 258 g/mol. The lowest BCUT2D eigenvalue weighted by molar-refractivity contribution is 1.06. The predicted molar refractivity (Wildman–Crippen MR) is 77.8 cm³/mol. The van der Waals surface area contributed by atoms with Crippen molar-refractivity contribution in [3.63, 3.8) is 0 Å². The molecule has 0 fully saturated rings. The molecule has 0 bridgehead atoms. The van der Waals surface area contributed by atoms with E-state index in [0.29, 0.717) is 23.7 Å². The fourth-order valence-corrected chi connectivity index (χ4v) is 1.93. The minimum absolute atomic E-state index is 0.545. The summed E-state index contributed by atoms with van der Waals surface area (Å²) in [5.74, 6) is 0. The van der Waals surface area contributed by atoms with Crippen molar-refractivity contribution in [2.75, 3.05) is 5.32 Å². The van der Waals surface area contributed by atoms with Crippen LogP contribution in [0.1, 0.15) is 16.7 Å².